The van der Waals surface area contributed by atoms with E-state index in [1.807, 2.05) is 5.01 Å². The zero-order valence-corrected chi connectivity index (χ0v) is 9.81. The van der Waals surface area contributed by atoms with Crippen LogP contribution in [0.1, 0.15) is 0 Å². The van der Waals surface area contributed by atoms with Crippen molar-refractivity contribution >= 4 is 23.0 Å². The van der Waals surface area contributed by atoms with E-state index in [-0.39, 0.29) is 5.69 Å². The summed E-state index contributed by atoms with van der Waals surface area (Å²) in [5.41, 5.74) is 3.43. The average Bonchev–Trinajstić information content (AvgIpc) is 2.32. The molecule has 92 valence electrons. The Kier molecular flexibility index (Phi) is 3.78. The SMILES string of the molecule is O=[N+]([O-])c1cc(Cl)ccc1NN1CCOCC1. The van der Waals surface area contributed by atoms with Crippen molar-refractivity contribution in [2.75, 3.05) is 31.7 Å². The first-order chi connectivity index (χ1) is 8.16. The van der Waals surface area contributed by atoms with E-state index in [0.29, 0.717) is 37.0 Å². The van der Waals surface area contributed by atoms with E-state index in [4.69, 9.17) is 16.3 Å². The molecule has 0 spiro atoms. The van der Waals surface area contributed by atoms with Crippen LogP contribution < -0.4 is 5.43 Å². The highest BCUT2D eigenvalue weighted by Crippen LogP contribution is 2.28. The number of halogens is 1. The minimum Gasteiger partial charge on any atom is -0.379 e. The van der Waals surface area contributed by atoms with Crippen LogP contribution in [0.3, 0.4) is 0 Å². The molecule has 1 aliphatic rings. The van der Waals surface area contributed by atoms with Crippen molar-refractivity contribution in [3.05, 3.63) is 33.3 Å². The van der Waals surface area contributed by atoms with Gasteiger partial charge in [0, 0.05) is 24.2 Å². The molecule has 0 amide bonds. The van der Waals surface area contributed by atoms with Crippen molar-refractivity contribution in [3.8, 4) is 0 Å². The molecule has 6 nitrogen and oxygen atoms in total. The first-order valence-electron chi connectivity index (χ1n) is 5.20. The number of nitro benzene ring substituents is 1. The zero-order valence-electron chi connectivity index (χ0n) is 9.06. The highest BCUT2D eigenvalue weighted by Gasteiger charge is 2.17. The lowest BCUT2D eigenvalue weighted by atomic mass is 10.3. The molecule has 0 radical (unpaired) electrons. The number of morpholine rings is 1. The van der Waals surface area contributed by atoms with Crippen molar-refractivity contribution in [2.24, 2.45) is 0 Å². The summed E-state index contributed by atoms with van der Waals surface area (Å²) in [6.07, 6.45) is 0. The maximum Gasteiger partial charge on any atom is 0.295 e. The number of ether oxygens (including phenoxy) is 1. The van der Waals surface area contributed by atoms with Crippen molar-refractivity contribution in [2.45, 2.75) is 0 Å². The van der Waals surface area contributed by atoms with Gasteiger partial charge in [-0.15, -0.1) is 0 Å². The van der Waals surface area contributed by atoms with E-state index in [1.165, 1.54) is 6.07 Å². The van der Waals surface area contributed by atoms with E-state index in [1.54, 1.807) is 12.1 Å². The van der Waals surface area contributed by atoms with E-state index < -0.39 is 4.92 Å². The van der Waals surface area contributed by atoms with Gasteiger partial charge in [0.15, 0.2) is 0 Å². The second-order valence-electron chi connectivity index (χ2n) is 3.63. The molecule has 0 saturated carbocycles. The quantitative estimate of drug-likeness (QED) is 0.662. The Morgan fingerprint density at radius 1 is 1.41 bits per heavy atom. The third kappa shape index (κ3) is 3.06. The maximum atomic E-state index is 10.9. The van der Waals surface area contributed by atoms with Crippen LogP contribution in [0.2, 0.25) is 5.02 Å². The highest BCUT2D eigenvalue weighted by atomic mass is 35.5. The number of nitrogens with zero attached hydrogens (tertiary/aromatic N) is 2. The number of nitrogens with one attached hydrogen (secondary N) is 1. The summed E-state index contributed by atoms with van der Waals surface area (Å²) in [5.74, 6) is 0. The molecular formula is C10H12ClN3O3. The molecule has 17 heavy (non-hydrogen) atoms. The second kappa shape index (κ2) is 5.31. The van der Waals surface area contributed by atoms with Gasteiger partial charge in [-0.25, -0.2) is 5.01 Å². The molecule has 0 aromatic heterocycles. The van der Waals surface area contributed by atoms with E-state index in [2.05, 4.69) is 5.43 Å². The third-order valence-corrected chi connectivity index (χ3v) is 2.68. The number of hydrazine groups is 1. The van der Waals surface area contributed by atoms with Gasteiger partial charge in [0.25, 0.3) is 5.69 Å². The van der Waals surface area contributed by atoms with Gasteiger partial charge in [0.1, 0.15) is 5.69 Å². The lowest BCUT2D eigenvalue weighted by Crippen LogP contribution is -2.40. The topological polar surface area (TPSA) is 67.6 Å². The molecule has 1 aliphatic heterocycles. The Balaban J connectivity index is 2.16. The van der Waals surface area contributed by atoms with Gasteiger partial charge in [-0.3, -0.25) is 10.1 Å². The second-order valence-corrected chi connectivity index (χ2v) is 4.07. The van der Waals surface area contributed by atoms with Crippen molar-refractivity contribution in [1.29, 1.82) is 0 Å². The van der Waals surface area contributed by atoms with Gasteiger partial charge in [-0.1, -0.05) is 11.6 Å². The van der Waals surface area contributed by atoms with Crippen LogP contribution in [0.15, 0.2) is 18.2 Å². The molecule has 1 aromatic carbocycles. The Morgan fingerprint density at radius 2 is 2.12 bits per heavy atom. The van der Waals surface area contributed by atoms with Crippen LogP contribution in [0.25, 0.3) is 0 Å². The summed E-state index contributed by atoms with van der Waals surface area (Å²) in [6, 6.07) is 4.57. The predicted octanol–water partition coefficient (Wildman–Crippen LogP) is 1.91. The van der Waals surface area contributed by atoms with E-state index >= 15 is 0 Å². The van der Waals surface area contributed by atoms with Crippen LogP contribution in [0.5, 0.6) is 0 Å². The smallest absolute Gasteiger partial charge is 0.295 e. The van der Waals surface area contributed by atoms with Gasteiger partial charge in [-0.05, 0) is 12.1 Å². The lowest BCUT2D eigenvalue weighted by Gasteiger charge is -2.27. The largest absolute Gasteiger partial charge is 0.379 e. The monoisotopic (exact) mass is 257 g/mol. The normalized spacial score (nSPS) is 16.8. The average molecular weight is 258 g/mol. The third-order valence-electron chi connectivity index (χ3n) is 2.45. The molecule has 0 atom stereocenters. The molecule has 1 N–H and O–H groups in total. The number of rotatable bonds is 3. The van der Waals surface area contributed by atoms with Crippen molar-refractivity contribution < 1.29 is 9.66 Å². The predicted molar refractivity (Wildman–Crippen MR) is 64.1 cm³/mol. The van der Waals surface area contributed by atoms with Gasteiger partial charge in [0.2, 0.25) is 0 Å². The summed E-state index contributed by atoms with van der Waals surface area (Å²) >= 11 is 5.74. The number of benzene rings is 1. The molecule has 1 fully saturated rings. The zero-order chi connectivity index (χ0) is 12.3. The van der Waals surface area contributed by atoms with Crippen LogP contribution in [0.4, 0.5) is 11.4 Å². The molecule has 1 aromatic rings. The minimum atomic E-state index is -0.450. The number of anilines is 1. The Bertz CT molecular complexity index is 421. The minimum absolute atomic E-state index is 0.0241. The summed E-state index contributed by atoms with van der Waals surface area (Å²) in [4.78, 5) is 10.4. The van der Waals surface area contributed by atoms with Crippen LogP contribution >= 0.6 is 11.6 Å². The molecule has 0 bridgehead atoms. The molecule has 0 aliphatic carbocycles. The molecule has 7 heteroatoms. The summed E-state index contributed by atoms with van der Waals surface area (Å²) in [7, 11) is 0. The number of nitro groups is 1. The first kappa shape index (κ1) is 12.1. The molecular weight excluding hydrogens is 246 g/mol. The van der Waals surface area contributed by atoms with Crippen LogP contribution in [-0.4, -0.2) is 36.2 Å². The molecule has 2 rings (SSSR count). The van der Waals surface area contributed by atoms with Crippen molar-refractivity contribution in [1.82, 2.24) is 5.01 Å². The lowest BCUT2D eigenvalue weighted by molar-refractivity contribution is -0.384. The van der Waals surface area contributed by atoms with Crippen LogP contribution in [0, 0.1) is 10.1 Å². The molecule has 1 heterocycles. The highest BCUT2D eigenvalue weighted by molar-refractivity contribution is 6.30. The molecule has 1 saturated heterocycles. The first-order valence-corrected chi connectivity index (χ1v) is 5.58. The Morgan fingerprint density at radius 3 is 2.76 bits per heavy atom. The van der Waals surface area contributed by atoms with Gasteiger partial charge in [0.05, 0.1) is 18.1 Å². The van der Waals surface area contributed by atoms with Crippen molar-refractivity contribution in [3.63, 3.8) is 0 Å². The van der Waals surface area contributed by atoms with Gasteiger partial charge < -0.3 is 10.2 Å². The fourth-order valence-corrected chi connectivity index (χ4v) is 1.76. The standard InChI is InChI=1S/C10H12ClN3O3/c11-8-1-2-9(10(7-8)14(15)16)12-13-3-5-17-6-4-13/h1-2,7,12H,3-6H2. The summed E-state index contributed by atoms with van der Waals surface area (Å²) in [6.45, 7) is 2.63. The summed E-state index contributed by atoms with van der Waals surface area (Å²) < 4.78 is 5.20. The Hall–Kier alpha value is -1.37. The number of hydrogen-bond donors (Lipinski definition) is 1. The van der Waals surface area contributed by atoms with Crippen LogP contribution in [-0.2, 0) is 4.74 Å². The fourth-order valence-electron chi connectivity index (χ4n) is 1.60. The fraction of sp³-hybridized carbons (Fsp3) is 0.400. The maximum absolute atomic E-state index is 10.9. The van der Waals surface area contributed by atoms with Gasteiger partial charge in [-0.2, -0.15) is 0 Å². The Labute approximate surface area is 103 Å². The van der Waals surface area contributed by atoms with Gasteiger partial charge >= 0.3 is 0 Å². The number of hydrogen-bond acceptors (Lipinski definition) is 5. The van der Waals surface area contributed by atoms with E-state index in [0.717, 1.165) is 0 Å². The van der Waals surface area contributed by atoms with E-state index in [9.17, 15) is 10.1 Å². The summed E-state index contributed by atoms with van der Waals surface area (Å²) in [5, 5.41) is 13.1. The molecule has 0 unspecified atom stereocenters.